The number of aromatic nitrogens is 2. The molecule has 1 aliphatic heterocycles. The molecule has 1 aromatic heterocycles. The van der Waals surface area contributed by atoms with E-state index in [1.54, 1.807) is 26.2 Å². The van der Waals surface area contributed by atoms with Gasteiger partial charge in [-0.1, -0.05) is 60.1 Å². The quantitative estimate of drug-likeness (QED) is 0.207. The van der Waals surface area contributed by atoms with Gasteiger partial charge in [-0.25, -0.2) is 9.78 Å². The minimum absolute atomic E-state index is 0.0767. The number of fused-ring (bicyclic) bond motifs is 1. The standard InChI is InChI=1S/C33H36Cl2N6O6/c1-6-26(42)37-22-14-21(31(43)47-7-2)20(18-11-9-8-10-12-18)13-23(22)38-32-36-16-19-17-41(33(44)40(3)30(19)39-32)29-27(34)24(45-4)15-25(46-5)28(29)35/h6,8-12,15-16,20-23H,1,7,13-14,17H2,2-5H3,(H,37,42)(H,36,38,39)/t20?,21-,22-,23+/m0/s1. The molecule has 4 atom stereocenters. The second-order valence-electron chi connectivity index (χ2n) is 11.1. The Balaban J connectivity index is 1.46. The molecule has 1 saturated carbocycles. The normalized spacial score (nSPS) is 20.6. The largest absolute Gasteiger partial charge is 0.495 e. The van der Waals surface area contributed by atoms with Crippen LogP contribution in [0.3, 0.4) is 0 Å². The summed E-state index contributed by atoms with van der Waals surface area (Å²) < 4.78 is 16.2. The van der Waals surface area contributed by atoms with Gasteiger partial charge in [0.15, 0.2) is 0 Å². The maximum Gasteiger partial charge on any atom is 0.330 e. The summed E-state index contributed by atoms with van der Waals surface area (Å²) in [7, 11) is 4.50. The van der Waals surface area contributed by atoms with E-state index in [0.717, 1.165) is 5.56 Å². The van der Waals surface area contributed by atoms with Crippen molar-refractivity contribution in [3.05, 3.63) is 76.4 Å². The molecule has 3 aromatic rings. The Hall–Kier alpha value is -4.55. The average Bonchev–Trinajstić information content (AvgIpc) is 3.08. The molecular weight excluding hydrogens is 647 g/mol. The SMILES string of the molecule is C=CC(=O)N[C@H]1C[C@H](C(=O)OCC)C(c2ccccc2)C[C@H]1Nc1ncc2c(n1)N(C)C(=O)N(c1c(Cl)c(OC)cc(OC)c1Cl)C2. The first-order valence-corrected chi connectivity index (χ1v) is 15.8. The van der Waals surface area contributed by atoms with E-state index < -0.39 is 18.0 Å². The number of benzene rings is 2. The van der Waals surface area contributed by atoms with E-state index in [1.807, 2.05) is 30.3 Å². The van der Waals surface area contributed by atoms with Gasteiger partial charge in [-0.3, -0.25) is 19.4 Å². The first-order chi connectivity index (χ1) is 22.6. The number of rotatable bonds is 10. The van der Waals surface area contributed by atoms with Crippen LogP contribution >= 0.6 is 23.2 Å². The van der Waals surface area contributed by atoms with E-state index >= 15 is 0 Å². The Bertz CT molecular complexity index is 1650. The number of esters is 1. The van der Waals surface area contributed by atoms with Gasteiger partial charge >= 0.3 is 12.0 Å². The van der Waals surface area contributed by atoms with Crippen molar-refractivity contribution in [2.45, 2.75) is 44.3 Å². The number of amides is 3. The minimum atomic E-state index is -0.487. The summed E-state index contributed by atoms with van der Waals surface area (Å²) in [6.45, 7) is 5.68. The van der Waals surface area contributed by atoms with Crippen LogP contribution in [0.2, 0.25) is 10.0 Å². The van der Waals surface area contributed by atoms with Gasteiger partial charge in [0.1, 0.15) is 27.4 Å². The zero-order valence-corrected chi connectivity index (χ0v) is 28.0. The van der Waals surface area contributed by atoms with Crippen molar-refractivity contribution in [1.82, 2.24) is 15.3 Å². The highest BCUT2D eigenvalue weighted by Crippen LogP contribution is 2.48. The molecule has 0 bridgehead atoms. The molecule has 14 heteroatoms. The minimum Gasteiger partial charge on any atom is -0.495 e. The molecule has 1 fully saturated rings. The average molecular weight is 684 g/mol. The number of ether oxygens (including phenoxy) is 3. The lowest BCUT2D eigenvalue weighted by atomic mass is 9.71. The number of hydrogen-bond donors (Lipinski definition) is 2. The second-order valence-corrected chi connectivity index (χ2v) is 11.9. The van der Waals surface area contributed by atoms with Crippen molar-refractivity contribution in [3.8, 4) is 11.5 Å². The van der Waals surface area contributed by atoms with Crippen molar-refractivity contribution < 1.29 is 28.6 Å². The summed E-state index contributed by atoms with van der Waals surface area (Å²) in [5.41, 5.74) is 1.85. The highest BCUT2D eigenvalue weighted by Gasteiger charge is 2.43. The van der Waals surface area contributed by atoms with E-state index in [-0.39, 0.29) is 58.7 Å². The maximum atomic E-state index is 13.7. The molecule has 1 unspecified atom stereocenters. The number of hydrogen-bond acceptors (Lipinski definition) is 9. The van der Waals surface area contributed by atoms with Gasteiger partial charge in [0.05, 0.1) is 45.0 Å². The van der Waals surface area contributed by atoms with Gasteiger partial charge in [0, 0.05) is 30.9 Å². The van der Waals surface area contributed by atoms with E-state index in [4.69, 9.17) is 42.4 Å². The number of anilines is 3. The first kappa shape index (κ1) is 33.8. The summed E-state index contributed by atoms with van der Waals surface area (Å²) in [5, 5.41) is 6.66. The summed E-state index contributed by atoms with van der Waals surface area (Å²) in [6, 6.07) is 10.00. The fraction of sp³-hybridized carbons (Fsp3) is 0.364. The Morgan fingerprint density at radius 1 is 1.09 bits per heavy atom. The van der Waals surface area contributed by atoms with Crippen molar-refractivity contribution in [2.75, 3.05) is 43.0 Å². The molecule has 2 N–H and O–H groups in total. The molecule has 12 nitrogen and oxygen atoms in total. The molecule has 1 aliphatic carbocycles. The predicted molar refractivity (Wildman–Crippen MR) is 180 cm³/mol. The van der Waals surface area contributed by atoms with Gasteiger partial charge in [-0.15, -0.1) is 0 Å². The van der Waals surface area contributed by atoms with Gasteiger partial charge in [-0.05, 0) is 37.3 Å². The molecule has 3 amide bonds. The Labute approximate surface area is 283 Å². The van der Waals surface area contributed by atoms with Crippen LogP contribution in [-0.4, -0.2) is 67.8 Å². The lowest BCUT2D eigenvalue weighted by Crippen LogP contribution is -2.53. The van der Waals surface area contributed by atoms with Crippen LogP contribution in [0.1, 0.15) is 36.8 Å². The monoisotopic (exact) mass is 682 g/mol. The Morgan fingerprint density at radius 3 is 2.38 bits per heavy atom. The molecular formula is C33H36Cl2N6O6. The van der Waals surface area contributed by atoms with Gasteiger partial charge in [0.2, 0.25) is 11.9 Å². The van der Waals surface area contributed by atoms with Crippen LogP contribution in [0.25, 0.3) is 0 Å². The number of nitrogens with one attached hydrogen (secondary N) is 2. The number of carbonyl (C=O) groups is 3. The predicted octanol–water partition coefficient (Wildman–Crippen LogP) is 5.59. The maximum absolute atomic E-state index is 13.7. The fourth-order valence-corrected chi connectivity index (χ4v) is 6.88. The lowest BCUT2D eigenvalue weighted by molar-refractivity contribution is -0.150. The second kappa shape index (κ2) is 14.5. The summed E-state index contributed by atoms with van der Waals surface area (Å²) >= 11 is 13.3. The molecule has 2 aromatic carbocycles. The lowest BCUT2D eigenvalue weighted by Gasteiger charge is -2.41. The summed E-state index contributed by atoms with van der Waals surface area (Å²) in [6.07, 6.45) is 3.60. The molecule has 0 spiro atoms. The van der Waals surface area contributed by atoms with Crippen LogP contribution in [-0.2, 0) is 20.9 Å². The number of carbonyl (C=O) groups excluding carboxylic acids is 3. The number of urea groups is 1. The summed E-state index contributed by atoms with van der Waals surface area (Å²) in [4.78, 5) is 51.4. The number of nitrogens with zero attached hydrogens (tertiary/aromatic N) is 4. The van der Waals surface area contributed by atoms with Crippen molar-refractivity contribution in [1.29, 1.82) is 0 Å². The Kier molecular flexibility index (Phi) is 10.4. The molecule has 47 heavy (non-hydrogen) atoms. The smallest absolute Gasteiger partial charge is 0.330 e. The van der Waals surface area contributed by atoms with Crippen LogP contribution in [0.4, 0.5) is 22.2 Å². The van der Waals surface area contributed by atoms with Crippen LogP contribution in [0.15, 0.2) is 55.3 Å². The van der Waals surface area contributed by atoms with Gasteiger partial charge in [0.25, 0.3) is 0 Å². The van der Waals surface area contributed by atoms with Crippen LogP contribution in [0.5, 0.6) is 11.5 Å². The molecule has 248 valence electrons. The molecule has 2 heterocycles. The topological polar surface area (TPSA) is 135 Å². The van der Waals surface area contributed by atoms with E-state index in [2.05, 4.69) is 22.2 Å². The van der Waals surface area contributed by atoms with E-state index in [0.29, 0.717) is 35.7 Å². The highest BCUT2D eigenvalue weighted by atomic mass is 35.5. The van der Waals surface area contributed by atoms with E-state index in [9.17, 15) is 14.4 Å². The molecule has 5 rings (SSSR count). The Morgan fingerprint density at radius 2 is 1.77 bits per heavy atom. The molecule has 0 saturated heterocycles. The summed E-state index contributed by atoms with van der Waals surface area (Å²) in [5.74, 6) is -0.147. The number of methoxy groups -OCH3 is 2. The zero-order valence-electron chi connectivity index (χ0n) is 26.5. The first-order valence-electron chi connectivity index (χ1n) is 15.0. The van der Waals surface area contributed by atoms with Crippen molar-refractivity contribution in [3.63, 3.8) is 0 Å². The van der Waals surface area contributed by atoms with Crippen molar-refractivity contribution in [2.24, 2.45) is 5.92 Å². The molecule has 2 aliphatic rings. The fourth-order valence-electron chi connectivity index (χ4n) is 6.17. The zero-order chi connectivity index (χ0) is 33.8. The van der Waals surface area contributed by atoms with Gasteiger partial charge < -0.3 is 24.8 Å². The third-order valence-corrected chi connectivity index (χ3v) is 9.19. The van der Waals surface area contributed by atoms with Crippen LogP contribution < -0.4 is 29.9 Å². The third-order valence-electron chi connectivity index (χ3n) is 8.46. The van der Waals surface area contributed by atoms with Crippen molar-refractivity contribution >= 4 is 58.6 Å². The highest BCUT2D eigenvalue weighted by molar-refractivity contribution is 6.42. The van der Waals surface area contributed by atoms with Crippen LogP contribution in [0, 0.1) is 5.92 Å². The third kappa shape index (κ3) is 6.79. The number of halogens is 2. The molecule has 0 radical (unpaired) electrons. The van der Waals surface area contributed by atoms with Gasteiger partial charge in [-0.2, -0.15) is 4.98 Å². The van der Waals surface area contributed by atoms with E-state index in [1.165, 1.54) is 30.1 Å².